The van der Waals surface area contributed by atoms with E-state index in [1.165, 1.54) is 23.8 Å². The molecule has 2 heterocycles. The number of nitrogens with zero attached hydrogens (tertiary/aromatic N) is 2. The molecule has 0 saturated carbocycles. The highest BCUT2D eigenvalue weighted by molar-refractivity contribution is 7.14. The molecule has 0 radical (unpaired) electrons. The Morgan fingerprint density at radius 3 is 2.62 bits per heavy atom. The normalized spacial score (nSPS) is 16.9. The van der Waals surface area contributed by atoms with E-state index in [1.807, 2.05) is 30.3 Å². The molecule has 6 heteroatoms. The number of ether oxygens (including phenoxy) is 1. The predicted octanol–water partition coefficient (Wildman–Crippen LogP) is 4.89. The van der Waals surface area contributed by atoms with Crippen molar-refractivity contribution in [2.24, 2.45) is 4.99 Å². The van der Waals surface area contributed by atoms with Gasteiger partial charge in [0.1, 0.15) is 5.00 Å². The molecule has 1 atom stereocenters. The van der Waals surface area contributed by atoms with Crippen molar-refractivity contribution < 1.29 is 9.53 Å². The maximum atomic E-state index is 11.9. The first kappa shape index (κ1) is 19.6. The van der Waals surface area contributed by atoms with Gasteiger partial charge in [-0.25, -0.2) is 4.99 Å². The number of anilines is 1. The molecule has 3 aromatic rings. The van der Waals surface area contributed by atoms with E-state index in [-0.39, 0.29) is 12.0 Å². The minimum atomic E-state index is -0.0878. The van der Waals surface area contributed by atoms with Crippen LogP contribution in [-0.4, -0.2) is 23.2 Å². The van der Waals surface area contributed by atoms with Gasteiger partial charge in [0.2, 0.25) is 5.91 Å². The summed E-state index contributed by atoms with van der Waals surface area (Å²) in [7, 11) is 0. The van der Waals surface area contributed by atoms with Crippen molar-refractivity contribution in [3.8, 4) is 11.3 Å². The first-order valence-corrected chi connectivity index (χ1v) is 10.7. The third kappa shape index (κ3) is 4.66. The van der Waals surface area contributed by atoms with Gasteiger partial charge in [-0.15, -0.1) is 0 Å². The Kier molecular flexibility index (Phi) is 5.92. The molecule has 4 rings (SSSR count). The van der Waals surface area contributed by atoms with Crippen molar-refractivity contribution in [1.29, 1.82) is 0 Å². The van der Waals surface area contributed by atoms with Gasteiger partial charge in [-0.1, -0.05) is 59.4 Å². The lowest BCUT2D eigenvalue weighted by molar-refractivity contribution is -0.114. The minimum Gasteiger partial charge on any atom is -0.376 e. The molecule has 29 heavy (non-hydrogen) atoms. The molecule has 2 aromatic carbocycles. The highest BCUT2D eigenvalue weighted by atomic mass is 32.1. The van der Waals surface area contributed by atoms with Crippen LogP contribution in [0.2, 0.25) is 0 Å². The molecule has 1 amide bonds. The fourth-order valence-corrected chi connectivity index (χ4v) is 4.64. The van der Waals surface area contributed by atoms with E-state index in [9.17, 15) is 4.79 Å². The summed E-state index contributed by atoms with van der Waals surface area (Å²) in [5, 5.41) is 3.83. The Morgan fingerprint density at radius 1 is 1.21 bits per heavy atom. The van der Waals surface area contributed by atoms with Crippen LogP contribution in [0.3, 0.4) is 0 Å². The highest BCUT2D eigenvalue weighted by Crippen LogP contribution is 2.32. The fraction of sp³-hybridized carbons (Fsp3) is 0.304. The molecule has 0 aliphatic carbocycles. The SMILES string of the molecule is CC(=O)Nc1sc(=Nc2ccccc2)n(C[C@@H]2CCCO2)c1-c1ccc(C)cc1. The number of carbonyl (C=O) groups is 1. The number of amides is 1. The van der Waals surface area contributed by atoms with Gasteiger partial charge in [0.15, 0.2) is 4.80 Å². The Morgan fingerprint density at radius 2 is 1.97 bits per heavy atom. The summed E-state index contributed by atoms with van der Waals surface area (Å²) in [6.45, 7) is 5.13. The van der Waals surface area contributed by atoms with Crippen molar-refractivity contribution in [2.45, 2.75) is 39.3 Å². The Labute approximate surface area is 174 Å². The molecule has 1 N–H and O–H groups in total. The molecular weight excluding hydrogens is 382 g/mol. The van der Waals surface area contributed by atoms with Crippen LogP contribution in [0.4, 0.5) is 10.7 Å². The molecule has 0 spiro atoms. The van der Waals surface area contributed by atoms with Crippen LogP contribution in [0.1, 0.15) is 25.3 Å². The summed E-state index contributed by atoms with van der Waals surface area (Å²) < 4.78 is 8.12. The molecule has 1 aliphatic rings. The highest BCUT2D eigenvalue weighted by Gasteiger charge is 2.22. The molecule has 0 unspecified atom stereocenters. The van der Waals surface area contributed by atoms with E-state index in [2.05, 4.69) is 41.1 Å². The zero-order valence-corrected chi connectivity index (χ0v) is 17.5. The number of nitrogens with one attached hydrogen (secondary N) is 1. The smallest absolute Gasteiger partial charge is 0.221 e. The van der Waals surface area contributed by atoms with Crippen molar-refractivity contribution in [2.75, 3.05) is 11.9 Å². The van der Waals surface area contributed by atoms with Crippen LogP contribution < -0.4 is 10.1 Å². The van der Waals surface area contributed by atoms with Gasteiger partial charge in [0.05, 0.1) is 24.0 Å². The van der Waals surface area contributed by atoms with Gasteiger partial charge in [-0.2, -0.15) is 0 Å². The van der Waals surface area contributed by atoms with Crippen LogP contribution in [0.15, 0.2) is 59.6 Å². The van der Waals surface area contributed by atoms with Crippen molar-refractivity contribution in [3.05, 3.63) is 65.0 Å². The summed E-state index contributed by atoms with van der Waals surface area (Å²) in [5.74, 6) is -0.0878. The van der Waals surface area contributed by atoms with E-state index >= 15 is 0 Å². The average molecular weight is 408 g/mol. The number of carbonyl (C=O) groups excluding carboxylic acids is 1. The van der Waals surface area contributed by atoms with Gasteiger partial charge in [-0.3, -0.25) is 4.79 Å². The topological polar surface area (TPSA) is 55.6 Å². The van der Waals surface area contributed by atoms with Gasteiger partial charge in [0.25, 0.3) is 0 Å². The van der Waals surface area contributed by atoms with Crippen molar-refractivity contribution in [1.82, 2.24) is 4.57 Å². The van der Waals surface area contributed by atoms with E-state index < -0.39 is 0 Å². The lowest BCUT2D eigenvalue weighted by Crippen LogP contribution is -2.24. The number of thiazole rings is 1. The van der Waals surface area contributed by atoms with Crippen molar-refractivity contribution in [3.63, 3.8) is 0 Å². The van der Waals surface area contributed by atoms with Gasteiger partial charge >= 0.3 is 0 Å². The van der Waals surface area contributed by atoms with E-state index in [4.69, 9.17) is 9.73 Å². The summed E-state index contributed by atoms with van der Waals surface area (Å²) in [4.78, 5) is 17.6. The van der Waals surface area contributed by atoms with E-state index in [1.54, 1.807) is 0 Å². The Balaban J connectivity index is 1.90. The molecule has 1 saturated heterocycles. The average Bonchev–Trinajstić information content (AvgIpc) is 3.32. The van der Waals surface area contributed by atoms with Gasteiger partial charge in [-0.05, 0) is 31.9 Å². The minimum absolute atomic E-state index is 0.0878. The van der Waals surface area contributed by atoms with Crippen LogP contribution in [-0.2, 0) is 16.1 Å². The quantitative estimate of drug-likeness (QED) is 0.654. The first-order chi connectivity index (χ1) is 14.1. The number of hydrogen-bond donors (Lipinski definition) is 1. The standard InChI is InChI=1S/C23H25N3O2S/c1-16-10-12-18(13-11-16)21-22(24-17(2)27)29-23(25-19-7-4-3-5-8-19)26(21)15-20-9-6-14-28-20/h3-5,7-8,10-13,20H,6,9,14-15H2,1-2H3,(H,24,27)/t20-/m0/s1. The largest absolute Gasteiger partial charge is 0.376 e. The predicted molar refractivity (Wildman–Crippen MR) is 117 cm³/mol. The van der Waals surface area contributed by atoms with Gasteiger partial charge in [0, 0.05) is 19.1 Å². The van der Waals surface area contributed by atoms with E-state index in [0.29, 0.717) is 6.54 Å². The van der Waals surface area contributed by atoms with Crippen LogP contribution >= 0.6 is 11.3 Å². The molecule has 1 fully saturated rings. The third-order valence-electron chi connectivity index (χ3n) is 4.91. The summed E-state index contributed by atoms with van der Waals surface area (Å²) in [5.41, 5.74) is 4.13. The summed E-state index contributed by atoms with van der Waals surface area (Å²) in [6.07, 6.45) is 2.28. The van der Waals surface area contributed by atoms with E-state index in [0.717, 1.165) is 46.2 Å². The fourth-order valence-electron chi connectivity index (χ4n) is 3.51. The third-order valence-corrected chi connectivity index (χ3v) is 5.91. The molecule has 1 aliphatic heterocycles. The number of rotatable bonds is 5. The molecule has 1 aromatic heterocycles. The lowest BCUT2D eigenvalue weighted by Gasteiger charge is -2.15. The van der Waals surface area contributed by atoms with Crippen LogP contribution in [0, 0.1) is 6.92 Å². The van der Waals surface area contributed by atoms with Crippen molar-refractivity contribution >= 4 is 27.9 Å². The molecule has 150 valence electrons. The van der Waals surface area contributed by atoms with Crippen LogP contribution in [0.5, 0.6) is 0 Å². The monoisotopic (exact) mass is 407 g/mol. The Hall–Kier alpha value is -2.70. The zero-order chi connectivity index (χ0) is 20.2. The van der Waals surface area contributed by atoms with Crippen LogP contribution in [0.25, 0.3) is 11.3 Å². The first-order valence-electron chi connectivity index (χ1n) is 9.90. The molecule has 0 bridgehead atoms. The van der Waals surface area contributed by atoms with Gasteiger partial charge < -0.3 is 14.6 Å². The molecular formula is C23H25N3O2S. The number of aromatic nitrogens is 1. The second kappa shape index (κ2) is 8.76. The summed E-state index contributed by atoms with van der Waals surface area (Å²) >= 11 is 1.50. The second-order valence-electron chi connectivity index (χ2n) is 7.30. The second-order valence-corrected chi connectivity index (χ2v) is 8.28. The maximum absolute atomic E-state index is 11.9. The number of para-hydroxylation sites is 1. The maximum Gasteiger partial charge on any atom is 0.221 e. The number of benzene rings is 2. The molecule has 5 nitrogen and oxygen atoms in total. The Bertz CT molecular complexity index is 1050. The summed E-state index contributed by atoms with van der Waals surface area (Å²) in [6, 6.07) is 18.3. The zero-order valence-electron chi connectivity index (χ0n) is 16.7. The number of aryl methyl sites for hydroxylation is 1. The lowest BCUT2D eigenvalue weighted by atomic mass is 10.1. The number of hydrogen-bond acceptors (Lipinski definition) is 4.